The summed E-state index contributed by atoms with van der Waals surface area (Å²) in [6.07, 6.45) is 0.600. The zero-order chi connectivity index (χ0) is 13.3. The number of hydrogen-bond acceptors (Lipinski definition) is 2. The highest BCUT2D eigenvalue weighted by Crippen LogP contribution is 2.38. The van der Waals surface area contributed by atoms with Crippen LogP contribution in [-0.2, 0) is 0 Å². The number of hydrogen-bond donors (Lipinski definition) is 0. The Morgan fingerprint density at radius 1 is 1.00 bits per heavy atom. The zero-order valence-corrected chi connectivity index (χ0v) is 11.8. The van der Waals surface area contributed by atoms with Gasteiger partial charge < -0.3 is 0 Å². The molecule has 0 aliphatic heterocycles. The van der Waals surface area contributed by atoms with E-state index in [9.17, 15) is 4.79 Å². The molecule has 0 atom stereocenters. The van der Waals surface area contributed by atoms with Gasteiger partial charge in [0.15, 0.2) is 6.29 Å². The first-order valence-electron chi connectivity index (χ1n) is 4.79. The van der Waals surface area contributed by atoms with Gasteiger partial charge in [0.2, 0.25) is 0 Å². The lowest BCUT2D eigenvalue weighted by molar-refractivity contribution is 0.111. The number of nitrogens with zero attached hydrogens (tertiary/aromatic N) is 1. The first-order valence-corrected chi connectivity index (χ1v) is 6.30. The van der Waals surface area contributed by atoms with Crippen LogP contribution >= 0.6 is 46.4 Å². The minimum absolute atomic E-state index is 0.175. The molecule has 2 nitrogen and oxygen atoms in total. The van der Waals surface area contributed by atoms with Gasteiger partial charge in [-0.2, -0.15) is 0 Å². The monoisotopic (exact) mass is 319 g/mol. The topological polar surface area (TPSA) is 30.0 Å². The predicted octanol–water partition coefficient (Wildman–Crippen LogP) is 5.17. The predicted molar refractivity (Wildman–Crippen MR) is 75.1 cm³/mol. The molecule has 0 saturated carbocycles. The molecule has 1 aromatic carbocycles. The van der Waals surface area contributed by atoms with E-state index in [1.807, 2.05) is 0 Å². The molecule has 18 heavy (non-hydrogen) atoms. The molecule has 0 N–H and O–H groups in total. The molecule has 0 unspecified atom stereocenters. The third-order valence-corrected chi connectivity index (χ3v) is 3.30. The van der Waals surface area contributed by atoms with Crippen LogP contribution in [0.5, 0.6) is 0 Å². The second kappa shape index (κ2) is 5.45. The van der Waals surface area contributed by atoms with Crippen LogP contribution in [0.1, 0.15) is 10.5 Å². The first kappa shape index (κ1) is 13.6. The third-order valence-electron chi connectivity index (χ3n) is 2.28. The number of carbonyl (C=O) groups is 1. The number of benzene rings is 1. The maximum Gasteiger partial charge on any atom is 0.169 e. The second-order valence-electron chi connectivity index (χ2n) is 3.43. The molecule has 0 fully saturated rings. The molecule has 0 saturated heterocycles. The van der Waals surface area contributed by atoms with E-state index in [4.69, 9.17) is 46.4 Å². The van der Waals surface area contributed by atoms with E-state index in [0.29, 0.717) is 32.5 Å². The SMILES string of the molecule is O=Cc1nc(Cl)ccc1-c1c(Cl)cc(Cl)cc1Cl. The minimum Gasteiger partial charge on any atom is -0.296 e. The van der Waals surface area contributed by atoms with E-state index < -0.39 is 0 Å². The van der Waals surface area contributed by atoms with E-state index in [1.165, 1.54) is 0 Å². The van der Waals surface area contributed by atoms with Gasteiger partial charge in [0.25, 0.3) is 0 Å². The van der Waals surface area contributed by atoms with E-state index >= 15 is 0 Å². The number of halogens is 4. The van der Waals surface area contributed by atoms with Crippen molar-refractivity contribution in [1.29, 1.82) is 0 Å². The van der Waals surface area contributed by atoms with Crippen molar-refractivity contribution in [2.45, 2.75) is 0 Å². The summed E-state index contributed by atoms with van der Waals surface area (Å²) in [4.78, 5) is 14.9. The van der Waals surface area contributed by atoms with Crippen LogP contribution in [-0.4, -0.2) is 11.3 Å². The highest BCUT2D eigenvalue weighted by atomic mass is 35.5. The Labute approximate surface area is 123 Å². The number of rotatable bonds is 2. The molecular formula is C12H5Cl4NO. The Morgan fingerprint density at radius 2 is 1.61 bits per heavy atom. The summed E-state index contributed by atoms with van der Waals surface area (Å²) in [7, 11) is 0. The third kappa shape index (κ3) is 2.62. The molecule has 1 heterocycles. The zero-order valence-electron chi connectivity index (χ0n) is 8.75. The summed E-state index contributed by atoms with van der Waals surface area (Å²) in [5, 5.41) is 1.34. The maximum absolute atomic E-state index is 11.0. The average molecular weight is 321 g/mol. The summed E-state index contributed by atoms with van der Waals surface area (Å²) in [5.41, 5.74) is 1.20. The summed E-state index contributed by atoms with van der Waals surface area (Å²) < 4.78 is 0. The minimum atomic E-state index is 0.175. The van der Waals surface area contributed by atoms with Gasteiger partial charge in [0, 0.05) is 16.1 Å². The number of carbonyl (C=O) groups excluding carboxylic acids is 1. The van der Waals surface area contributed by atoms with Crippen LogP contribution in [0, 0.1) is 0 Å². The lowest BCUT2D eigenvalue weighted by atomic mass is 10.0. The molecule has 2 aromatic rings. The molecule has 0 aliphatic rings. The van der Waals surface area contributed by atoms with Crippen molar-refractivity contribution in [2.75, 3.05) is 0 Å². The van der Waals surface area contributed by atoms with Crippen LogP contribution in [0.3, 0.4) is 0 Å². The Morgan fingerprint density at radius 3 is 2.17 bits per heavy atom. The summed E-state index contributed by atoms with van der Waals surface area (Å²) >= 11 is 23.7. The molecule has 0 aliphatic carbocycles. The number of pyridine rings is 1. The standard InChI is InChI=1S/C12H5Cl4NO/c13-6-3-8(14)12(9(15)4-6)7-1-2-11(16)17-10(7)5-18/h1-5H. The van der Waals surface area contributed by atoms with Crippen molar-refractivity contribution in [2.24, 2.45) is 0 Å². The van der Waals surface area contributed by atoms with Gasteiger partial charge in [-0.1, -0.05) is 46.4 Å². The number of aldehydes is 1. The fourth-order valence-electron chi connectivity index (χ4n) is 1.55. The largest absolute Gasteiger partial charge is 0.296 e. The van der Waals surface area contributed by atoms with E-state index in [1.54, 1.807) is 24.3 Å². The second-order valence-corrected chi connectivity index (χ2v) is 5.07. The first-order chi connectivity index (χ1) is 8.52. The normalized spacial score (nSPS) is 10.4. The lowest BCUT2D eigenvalue weighted by Gasteiger charge is -2.09. The smallest absolute Gasteiger partial charge is 0.169 e. The molecule has 92 valence electrons. The number of aromatic nitrogens is 1. The van der Waals surface area contributed by atoms with E-state index in [2.05, 4.69) is 4.98 Å². The molecule has 6 heteroatoms. The van der Waals surface area contributed by atoms with Crippen molar-refractivity contribution in [3.63, 3.8) is 0 Å². The molecule has 0 radical (unpaired) electrons. The molecular weight excluding hydrogens is 316 g/mol. The van der Waals surface area contributed by atoms with E-state index in [-0.39, 0.29) is 10.8 Å². The van der Waals surface area contributed by atoms with Gasteiger partial charge in [0.1, 0.15) is 10.8 Å². The van der Waals surface area contributed by atoms with Crippen molar-refractivity contribution in [3.8, 4) is 11.1 Å². The summed E-state index contributed by atoms with van der Waals surface area (Å²) in [6.45, 7) is 0. The molecule has 0 amide bonds. The van der Waals surface area contributed by atoms with Gasteiger partial charge >= 0.3 is 0 Å². The van der Waals surface area contributed by atoms with Crippen molar-refractivity contribution in [1.82, 2.24) is 4.98 Å². The van der Waals surface area contributed by atoms with Crippen molar-refractivity contribution >= 4 is 52.7 Å². The van der Waals surface area contributed by atoms with E-state index in [0.717, 1.165) is 0 Å². The van der Waals surface area contributed by atoms with Crippen LogP contribution < -0.4 is 0 Å². The van der Waals surface area contributed by atoms with Crippen molar-refractivity contribution < 1.29 is 4.79 Å². The Hall–Kier alpha value is -0.800. The average Bonchev–Trinajstić information content (AvgIpc) is 2.29. The fourth-order valence-corrected chi connectivity index (χ4v) is 2.73. The molecule has 0 bridgehead atoms. The van der Waals surface area contributed by atoms with Gasteiger partial charge in [0.05, 0.1) is 10.0 Å². The van der Waals surface area contributed by atoms with Crippen LogP contribution in [0.25, 0.3) is 11.1 Å². The van der Waals surface area contributed by atoms with Gasteiger partial charge in [-0.05, 0) is 24.3 Å². The molecule has 1 aromatic heterocycles. The van der Waals surface area contributed by atoms with Gasteiger partial charge in [-0.3, -0.25) is 4.79 Å². The fraction of sp³-hybridized carbons (Fsp3) is 0. The molecule has 0 spiro atoms. The maximum atomic E-state index is 11.0. The van der Waals surface area contributed by atoms with Gasteiger partial charge in [-0.15, -0.1) is 0 Å². The Kier molecular flexibility index (Phi) is 4.13. The Balaban J connectivity index is 2.73. The summed E-state index contributed by atoms with van der Waals surface area (Å²) in [5.74, 6) is 0. The summed E-state index contributed by atoms with van der Waals surface area (Å²) in [6, 6.07) is 6.30. The van der Waals surface area contributed by atoms with Crippen LogP contribution in [0.15, 0.2) is 24.3 Å². The van der Waals surface area contributed by atoms with Crippen LogP contribution in [0.2, 0.25) is 20.2 Å². The highest BCUT2D eigenvalue weighted by Gasteiger charge is 2.14. The highest BCUT2D eigenvalue weighted by molar-refractivity contribution is 6.42. The van der Waals surface area contributed by atoms with Gasteiger partial charge in [-0.25, -0.2) is 4.98 Å². The lowest BCUT2D eigenvalue weighted by Crippen LogP contribution is -1.94. The van der Waals surface area contributed by atoms with Crippen LogP contribution in [0.4, 0.5) is 0 Å². The van der Waals surface area contributed by atoms with Crippen molar-refractivity contribution in [3.05, 3.63) is 50.2 Å². The quantitative estimate of drug-likeness (QED) is 0.564. The molecule has 2 rings (SSSR count). The Bertz CT molecular complexity index is 604.